The summed E-state index contributed by atoms with van der Waals surface area (Å²) in [6, 6.07) is 15.3. The van der Waals surface area contributed by atoms with E-state index in [0.717, 1.165) is 41.1 Å². The quantitative estimate of drug-likeness (QED) is 0.206. The van der Waals surface area contributed by atoms with Gasteiger partial charge in [-0.3, -0.25) is 9.59 Å². The van der Waals surface area contributed by atoms with Crippen LogP contribution in [0.4, 0.5) is 5.69 Å². The second-order valence-electron chi connectivity index (χ2n) is 9.85. The van der Waals surface area contributed by atoms with Crippen LogP contribution in [0.2, 0.25) is 0 Å². The van der Waals surface area contributed by atoms with Gasteiger partial charge in [0.2, 0.25) is 11.8 Å². The number of aliphatic hydroxyl groups excluding tert-OH is 1. The van der Waals surface area contributed by atoms with Crippen molar-refractivity contribution in [1.82, 2.24) is 20.1 Å². The SMILES string of the molecule is CC(=O)NCCCCCC(=O)Nc1cccc([C@@H]2O[C@H](CSc3nncn3C)C[C@H](c3ccc(CO)cc3)O2)c1. The Labute approximate surface area is 238 Å². The van der Waals surface area contributed by atoms with E-state index in [2.05, 4.69) is 20.8 Å². The van der Waals surface area contributed by atoms with E-state index in [0.29, 0.717) is 30.8 Å². The van der Waals surface area contributed by atoms with E-state index >= 15 is 0 Å². The molecule has 11 heteroatoms. The fourth-order valence-electron chi connectivity index (χ4n) is 4.43. The number of hydrogen-bond acceptors (Lipinski definition) is 8. The second-order valence-corrected chi connectivity index (χ2v) is 10.8. The van der Waals surface area contributed by atoms with E-state index in [1.807, 2.05) is 60.1 Å². The summed E-state index contributed by atoms with van der Waals surface area (Å²) < 4.78 is 14.7. The second kappa shape index (κ2) is 14.9. The molecule has 3 N–H and O–H groups in total. The van der Waals surface area contributed by atoms with Gasteiger partial charge in [0.15, 0.2) is 11.4 Å². The molecule has 2 amide bonds. The van der Waals surface area contributed by atoms with Crippen LogP contribution in [0.25, 0.3) is 0 Å². The number of carbonyl (C=O) groups excluding carboxylic acids is 2. The van der Waals surface area contributed by atoms with Crippen molar-refractivity contribution in [1.29, 1.82) is 0 Å². The minimum atomic E-state index is -0.619. The molecule has 2 heterocycles. The summed E-state index contributed by atoms with van der Waals surface area (Å²) in [5.41, 5.74) is 3.37. The molecule has 10 nitrogen and oxygen atoms in total. The number of ether oxygens (including phenoxy) is 2. The Hall–Kier alpha value is -3.25. The van der Waals surface area contributed by atoms with Crippen molar-refractivity contribution >= 4 is 29.3 Å². The number of aliphatic hydroxyl groups is 1. The van der Waals surface area contributed by atoms with Crippen molar-refractivity contribution in [3.8, 4) is 0 Å². The summed E-state index contributed by atoms with van der Waals surface area (Å²) in [4.78, 5) is 23.5. The van der Waals surface area contributed by atoms with Gasteiger partial charge in [-0.15, -0.1) is 10.2 Å². The number of aromatic nitrogens is 3. The van der Waals surface area contributed by atoms with Gasteiger partial charge in [-0.25, -0.2) is 0 Å². The highest BCUT2D eigenvalue weighted by Crippen LogP contribution is 2.39. The first-order valence-electron chi connectivity index (χ1n) is 13.5. The van der Waals surface area contributed by atoms with Crippen molar-refractivity contribution in [2.45, 2.75) is 69.3 Å². The molecule has 0 aliphatic carbocycles. The number of aryl methyl sites for hydroxylation is 1. The number of nitrogens with one attached hydrogen (secondary N) is 2. The van der Waals surface area contributed by atoms with Gasteiger partial charge in [0, 0.05) is 50.4 Å². The highest BCUT2D eigenvalue weighted by atomic mass is 32.2. The summed E-state index contributed by atoms with van der Waals surface area (Å²) in [6.45, 7) is 2.12. The number of anilines is 1. The number of hydrogen-bond donors (Lipinski definition) is 3. The Morgan fingerprint density at radius 2 is 1.93 bits per heavy atom. The molecule has 0 radical (unpaired) electrons. The monoisotopic (exact) mass is 567 g/mol. The van der Waals surface area contributed by atoms with Gasteiger partial charge >= 0.3 is 0 Å². The molecular weight excluding hydrogens is 530 g/mol. The van der Waals surface area contributed by atoms with Gasteiger partial charge in [0.05, 0.1) is 18.8 Å². The summed E-state index contributed by atoms with van der Waals surface area (Å²) in [7, 11) is 1.91. The topological polar surface area (TPSA) is 128 Å². The van der Waals surface area contributed by atoms with E-state index < -0.39 is 6.29 Å². The standard InChI is InChI=1S/C29H37N5O5S/c1-20(36)30-14-5-3-4-9-27(37)32-24-8-6-7-23(15-24)28-38-25(18-40-29-33-31-19-34(29)2)16-26(39-28)22-12-10-21(17-35)11-13-22/h6-8,10-13,15,19,25-26,28,35H,3-5,9,14,16-18H2,1-2H3,(H,30,36)(H,32,37)/t25-,26+,28+/m0/s1. The Bertz CT molecular complexity index is 1250. The average molecular weight is 568 g/mol. The van der Waals surface area contributed by atoms with Gasteiger partial charge in [0.1, 0.15) is 6.33 Å². The van der Waals surface area contributed by atoms with Crippen LogP contribution in [0.1, 0.15) is 68.1 Å². The lowest BCUT2D eigenvalue weighted by Crippen LogP contribution is -2.31. The fourth-order valence-corrected chi connectivity index (χ4v) is 5.34. The first-order chi connectivity index (χ1) is 19.4. The Morgan fingerprint density at radius 1 is 1.10 bits per heavy atom. The normalized spacial score (nSPS) is 18.8. The Morgan fingerprint density at radius 3 is 2.65 bits per heavy atom. The van der Waals surface area contributed by atoms with Crippen molar-refractivity contribution in [3.63, 3.8) is 0 Å². The minimum absolute atomic E-state index is 0.00983. The van der Waals surface area contributed by atoms with Crippen molar-refractivity contribution in [3.05, 3.63) is 71.5 Å². The first-order valence-corrected chi connectivity index (χ1v) is 14.5. The van der Waals surface area contributed by atoms with Crippen LogP contribution in [0.15, 0.2) is 60.0 Å². The molecule has 1 aliphatic rings. The van der Waals surface area contributed by atoms with E-state index in [-0.39, 0.29) is 30.6 Å². The molecule has 1 aliphatic heterocycles. The smallest absolute Gasteiger partial charge is 0.224 e. The van der Waals surface area contributed by atoms with Crippen LogP contribution in [-0.2, 0) is 32.7 Å². The molecule has 4 rings (SSSR count). The zero-order valence-electron chi connectivity index (χ0n) is 22.9. The number of amides is 2. The molecule has 3 atom stereocenters. The lowest BCUT2D eigenvalue weighted by molar-refractivity contribution is -0.245. The van der Waals surface area contributed by atoms with Gasteiger partial charge in [-0.05, 0) is 36.1 Å². The lowest BCUT2D eigenvalue weighted by Gasteiger charge is -2.36. The van der Waals surface area contributed by atoms with Crippen LogP contribution >= 0.6 is 11.8 Å². The Balaban J connectivity index is 1.40. The minimum Gasteiger partial charge on any atom is -0.392 e. The average Bonchev–Trinajstić information content (AvgIpc) is 3.38. The lowest BCUT2D eigenvalue weighted by atomic mass is 10.0. The zero-order chi connectivity index (χ0) is 28.3. The van der Waals surface area contributed by atoms with Gasteiger partial charge in [0.25, 0.3) is 0 Å². The molecule has 0 bridgehead atoms. The number of nitrogens with zero attached hydrogens (tertiary/aromatic N) is 3. The summed E-state index contributed by atoms with van der Waals surface area (Å²) in [5, 5.41) is 24.1. The third kappa shape index (κ3) is 8.88. The van der Waals surface area contributed by atoms with E-state index in [1.165, 1.54) is 6.92 Å². The van der Waals surface area contributed by atoms with Crippen LogP contribution in [0.3, 0.4) is 0 Å². The molecule has 0 spiro atoms. The molecule has 1 fully saturated rings. The third-order valence-corrected chi connectivity index (χ3v) is 7.75. The molecule has 0 saturated carbocycles. The van der Waals surface area contributed by atoms with Gasteiger partial charge in [-0.1, -0.05) is 54.6 Å². The molecule has 40 heavy (non-hydrogen) atoms. The molecule has 214 valence electrons. The molecule has 3 aromatic rings. The summed E-state index contributed by atoms with van der Waals surface area (Å²) in [6.07, 6.45) is 4.28. The predicted octanol–water partition coefficient (Wildman–Crippen LogP) is 4.28. The largest absolute Gasteiger partial charge is 0.392 e. The maximum Gasteiger partial charge on any atom is 0.224 e. The maximum atomic E-state index is 12.5. The van der Waals surface area contributed by atoms with Gasteiger partial charge < -0.3 is 29.8 Å². The molecule has 0 unspecified atom stereocenters. The molecule has 2 aromatic carbocycles. The number of rotatable bonds is 13. The summed E-state index contributed by atoms with van der Waals surface area (Å²) >= 11 is 1.58. The van der Waals surface area contributed by atoms with E-state index in [9.17, 15) is 14.7 Å². The van der Waals surface area contributed by atoms with Crippen molar-refractivity contribution in [2.24, 2.45) is 7.05 Å². The predicted molar refractivity (Wildman–Crippen MR) is 152 cm³/mol. The van der Waals surface area contributed by atoms with Crippen LogP contribution < -0.4 is 10.6 Å². The summed E-state index contributed by atoms with van der Waals surface area (Å²) in [5.74, 6) is 0.586. The molecule has 1 aromatic heterocycles. The van der Waals surface area contributed by atoms with Crippen LogP contribution in [0.5, 0.6) is 0 Å². The third-order valence-electron chi connectivity index (χ3n) is 6.58. The maximum absolute atomic E-state index is 12.5. The van der Waals surface area contributed by atoms with Crippen LogP contribution in [-0.4, -0.2) is 50.1 Å². The molecule has 1 saturated heterocycles. The Kier molecular flexibility index (Phi) is 11.1. The van der Waals surface area contributed by atoms with E-state index in [4.69, 9.17) is 9.47 Å². The van der Waals surface area contributed by atoms with Crippen molar-refractivity contribution < 1.29 is 24.2 Å². The number of thioether (sulfide) groups is 1. The highest BCUT2D eigenvalue weighted by molar-refractivity contribution is 7.99. The zero-order valence-corrected chi connectivity index (χ0v) is 23.7. The fraction of sp³-hybridized carbons (Fsp3) is 0.448. The number of benzene rings is 2. The van der Waals surface area contributed by atoms with Gasteiger partial charge in [-0.2, -0.15) is 0 Å². The van der Waals surface area contributed by atoms with Crippen LogP contribution in [0, 0.1) is 0 Å². The van der Waals surface area contributed by atoms with E-state index in [1.54, 1.807) is 18.1 Å². The van der Waals surface area contributed by atoms with Crippen molar-refractivity contribution in [2.75, 3.05) is 17.6 Å². The first kappa shape index (κ1) is 29.7. The number of carbonyl (C=O) groups is 2. The number of unbranched alkanes of at least 4 members (excludes halogenated alkanes) is 2. The molecular formula is C29H37N5O5S. The highest BCUT2D eigenvalue weighted by Gasteiger charge is 2.32.